The van der Waals surface area contributed by atoms with Crippen molar-refractivity contribution in [2.24, 2.45) is 0 Å². The molecule has 0 saturated heterocycles. The van der Waals surface area contributed by atoms with Crippen LogP contribution in [0.5, 0.6) is 5.75 Å². The van der Waals surface area contributed by atoms with Gasteiger partial charge in [0.05, 0.1) is 15.1 Å². The number of amides is 2. The van der Waals surface area contributed by atoms with E-state index in [9.17, 15) is 14.4 Å². The molecule has 0 aliphatic carbocycles. The van der Waals surface area contributed by atoms with E-state index in [0.29, 0.717) is 11.4 Å². The summed E-state index contributed by atoms with van der Waals surface area (Å²) in [5.74, 6) is -1.34. The third-order valence-corrected chi connectivity index (χ3v) is 4.19. The number of esters is 1. The Bertz CT molecular complexity index is 888. The Morgan fingerprint density at radius 2 is 1.43 bits per heavy atom. The lowest BCUT2D eigenvalue weighted by atomic mass is 10.2. The topological polar surface area (TPSA) is 93.7 Å². The fourth-order valence-corrected chi connectivity index (χ4v) is 2.57. The number of hydrogen-bond acceptors (Lipinski definition) is 5. The lowest BCUT2D eigenvalue weighted by molar-refractivity contribution is -0.149. The van der Waals surface area contributed by atoms with Crippen molar-refractivity contribution in [2.45, 2.75) is 6.92 Å². The van der Waals surface area contributed by atoms with Gasteiger partial charge in [-0.1, -0.05) is 34.8 Å². The minimum atomic E-state index is -0.765. The Morgan fingerprint density at radius 3 is 2.04 bits per heavy atom. The second-order valence-corrected chi connectivity index (χ2v) is 6.67. The van der Waals surface area contributed by atoms with Crippen molar-refractivity contribution in [3.05, 3.63) is 51.5 Å². The molecule has 0 bridgehead atoms. The van der Waals surface area contributed by atoms with Gasteiger partial charge < -0.3 is 20.1 Å². The average molecular weight is 446 g/mol. The zero-order valence-corrected chi connectivity index (χ0v) is 16.8. The van der Waals surface area contributed by atoms with Gasteiger partial charge in [-0.15, -0.1) is 0 Å². The van der Waals surface area contributed by atoms with Crippen molar-refractivity contribution in [3.63, 3.8) is 0 Å². The summed E-state index contributed by atoms with van der Waals surface area (Å²) in [7, 11) is 0. The van der Waals surface area contributed by atoms with Crippen LogP contribution in [0, 0.1) is 0 Å². The van der Waals surface area contributed by atoms with Crippen LogP contribution in [0.15, 0.2) is 36.4 Å². The zero-order valence-electron chi connectivity index (χ0n) is 14.6. The molecule has 0 spiro atoms. The molecule has 10 heteroatoms. The summed E-state index contributed by atoms with van der Waals surface area (Å²) in [4.78, 5) is 34.5. The van der Waals surface area contributed by atoms with E-state index in [1.807, 2.05) is 0 Å². The molecular formula is C18H15Cl3N2O5. The first-order chi connectivity index (χ1) is 13.2. The molecule has 0 heterocycles. The summed E-state index contributed by atoms with van der Waals surface area (Å²) in [5.41, 5.74) is 1.07. The number of rotatable bonds is 7. The van der Waals surface area contributed by atoms with E-state index in [2.05, 4.69) is 10.6 Å². The zero-order chi connectivity index (χ0) is 20.7. The van der Waals surface area contributed by atoms with Crippen LogP contribution >= 0.6 is 34.8 Å². The molecule has 28 heavy (non-hydrogen) atoms. The van der Waals surface area contributed by atoms with E-state index in [-0.39, 0.29) is 26.7 Å². The molecule has 2 aromatic rings. The number of carbonyl (C=O) groups excluding carboxylic acids is 3. The van der Waals surface area contributed by atoms with Crippen molar-refractivity contribution in [1.82, 2.24) is 0 Å². The van der Waals surface area contributed by atoms with Gasteiger partial charge in [0.2, 0.25) is 5.91 Å². The van der Waals surface area contributed by atoms with Gasteiger partial charge in [-0.2, -0.15) is 0 Å². The van der Waals surface area contributed by atoms with Crippen molar-refractivity contribution in [3.8, 4) is 5.75 Å². The number of ether oxygens (including phenoxy) is 2. The highest BCUT2D eigenvalue weighted by Crippen LogP contribution is 2.33. The number of hydrogen-bond donors (Lipinski definition) is 2. The molecule has 0 saturated carbocycles. The average Bonchev–Trinajstić information content (AvgIpc) is 2.63. The van der Waals surface area contributed by atoms with Gasteiger partial charge in [0.25, 0.3) is 5.91 Å². The van der Waals surface area contributed by atoms with Gasteiger partial charge in [0, 0.05) is 24.4 Å². The monoisotopic (exact) mass is 444 g/mol. The lowest BCUT2D eigenvalue weighted by Crippen LogP contribution is -2.23. The highest BCUT2D eigenvalue weighted by Gasteiger charge is 2.12. The number of anilines is 2. The van der Waals surface area contributed by atoms with Crippen LogP contribution < -0.4 is 15.4 Å². The Kier molecular flexibility index (Phi) is 7.92. The Balaban J connectivity index is 1.77. The molecular weight excluding hydrogens is 431 g/mol. The number of halogens is 3. The minimum Gasteiger partial charge on any atom is -0.480 e. The number of nitrogens with one attached hydrogen (secondary N) is 2. The Hall–Kier alpha value is -2.48. The standard InChI is InChI=1S/C18H15Cl3N2O5/c1-10(24)22-11-2-4-12(5-3-11)23-17(25)8-28-18(26)9-27-16-7-14(20)13(19)6-15(16)21/h2-7H,8-9H2,1H3,(H,22,24)(H,23,25). The highest BCUT2D eigenvalue weighted by atomic mass is 35.5. The van der Waals surface area contributed by atoms with Crippen LogP contribution in [0.4, 0.5) is 11.4 Å². The SMILES string of the molecule is CC(=O)Nc1ccc(NC(=O)COC(=O)COc2cc(Cl)c(Cl)cc2Cl)cc1. The second kappa shape index (κ2) is 10.2. The molecule has 0 aliphatic heterocycles. The molecule has 0 aromatic heterocycles. The van der Waals surface area contributed by atoms with E-state index < -0.39 is 25.1 Å². The predicted octanol–water partition coefficient (Wildman–Crippen LogP) is 4.17. The van der Waals surface area contributed by atoms with E-state index >= 15 is 0 Å². The summed E-state index contributed by atoms with van der Waals surface area (Å²) in [6.45, 7) is 0.435. The van der Waals surface area contributed by atoms with Crippen LogP contribution in [0.1, 0.15) is 6.92 Å². The highest BCUT2D eigenvalue weighted by molar-refractivity contribution is 6.43. The van der Waals surface area contributed by atoms with Crippen molar-refractivity contribution in [1.29, 1.82) is 0 Å². The normalized spacial score (nSPS) is 10.1. The van der Waals surface area contributed by atoms with E-state index in [1.165, 1.54) is 19.1 Å². The summed E-state index contributed by atoms with van der Waals surface area (Å²) >= 11 is 17.6. The minimum absolute atomic E-state index is 0.164. The van der Waals surface area contributed by atoms with Crippen LogP contribution in [-0.2, 0) is 19.1 Å². The molecule has 7 nitrogen and oxygen atoms in total. The first-order valence-corrected chi connectivity index (χ1v) is 8.98. The summed E-state index contributed by atoms with van der Waals surface area (Å²) in [5, 5.41) is 5.81. The summed E-state index contributed by atoms with van der Waals surface area (Å²) in [6, 6.07) is 9.20. The Morgan fingerprint density at radius 1 is 0.857 bits per heavy atom. The molecule has 0 fully saturated rings. The van der Waals surface area contributed by atoms with Crippen molar-refractivity contribution < 1.29 is 23.9 Å². The molecule has 2 N–H and O–H groups in total. The van der Waals surface area contributed by atoms with E-state index in [4.69, 9.17) is 44.3 Å². The molecule has 2 aromatic carbocycles. The van der Waals surface area contributed by atoms with Crippen LogP contribution in [0.25, 0.3) is 0 Å². The maximum Gasteiger partial charge on any atom is 0.344 e. The Labute approximate surface area is 175 Å². The van der Waals surface area contributed by atoms with Gasteiger partial charge in [-0.25, -0.2) is 4.79 Å². The summed E-state index contributed by atoms with van der Waals surface area (Å²) in [6.07, 6.45) is 0. The lowest BCUT2D eigenvalue weighted by Gasteiger charge is -2.10. The van der Waals surface area contributed by atoms with Gasteiger partial charge in [-0.05, 0) is 30.3 Å². The second-order valence-electron chi connectivity index (χ2n) is 5.45. The molecule has 2 amide bonds. The fourth-order valence-electron chi connectivity index (χ4n) is 1.98. The third-order valence-electron chi connectivity index (χ3n) is 3.17. The van der Waals surface area contributed by atoms with Crippen LogP contribution in [0.3, 0.4) is 0 Å². The van der Waals surface area contributed by atoms with E-state index in [1.54, 1.807) is 24.3 Å². The van der Waals surface area contributed by atoms with Crippen molar-refractivity contribution >= 4 is 64.0 Å². The van der Waals surface area contributed by atoms with Crippen molar-refractivity contribution in [2.75, 3.05) is 23.8 Å². The molecule has 0 atom stereocenters. The van der Waals surface area contributed by atoms with Crippen LogP contribution in [0.2, 0.25) is 15.1 Å². The smallest absolute Gasteiger partial charge is 0.344 e. The number of carbonyl (C=O) groups is 3. The molecule has 148 valence electrons. The molecule has 0 radical (unpaired) electrons. The molecule has 0 aliphatic rings. The van der Waals surface area contributed by atoms with Gasteiger partial charge in [0.1, 0.15) is 5.75 Å². The fraction of sp³-hybridized carbons (Fsp3) is 0.167. The quantitative estimate of drug-likeness (QED) is 0.493. The van der Waals surface area contributed by atoms with Crippen LogP contribution in [-0.4, -0.2) is 31.0 Å². The number of benzene rings is 2. The first-order valence-electron chi connectivity index (χ1n) is 7.85. The van der Waals surface area contributed by atoms with Gasteiger partial charge >= 0.3 is 5.97 Å². The first kappa shape index (κ1) is 21.8. The summed E-state index contributed by atoms with van der Waals surface area (Å²) < 4.78 is 10.0. The maximum absolute atomic E-state index is 11.8. The predicted molar refractivity (Wildman–Crippen MR) is 107 cm³/mol. The maximum atomic E-state index is 11.8. The van der Waals surface area contributed by atoms with Gasteiger partial charge in [0.15, 0.2) is 13.2 Å². The van der Waals surface area contributed by atoms with E-state index in [0.717, 1.165) is 0 Å². The van der Waals surface area contributed by atoms with Gasteiger partial charge in [-0.3, -0.25) is 9.59 Å². The molecule has 0 unspecified atom stereocenters. The largest absolute Gasteiger partial charge is 0.480 e. The third kappa shape index (κ3) is 6.92. The molecule has 2 rings (SSSR count).